The third kappa shape index (κ3) is 4.89. The number of hydrogen-bond acceptors (Lipinski definition) is 2. The molecule has 0 aliphatic heterocycles. The summed E-state index contributed by atoms with van der Waals surface area (Å²) < 4.78 is 5.32. The molecule has 8 atom stereocenters. The molecule has 0 aromatic carbocycles. The van der Waals surface area contributed by atoms with Gasteiger partial charge in [-0.3, -0.25) is 0 Å². The molecular formula is C26H41ClO2. The average Bonchev–Trinajstić information content (AvgIpc) is 3.11. The number of carbonyl (C=O) groups excluding carboxylic acids is 1. The number of halogens is 1. The lowest BCUT2D eigenvalue weighted by Crippen LogP contribution is -2.41. The molecule has 0 amide bonds. The Hall–Kier alpha value is -0.500. The summed E-state index contributed by atoms with van der Waals surface area (Å²) in [6, 6.07) is 0. The monoisotopic (exact) mass is 420 g/mol. The molecule has 0 N–H and O–H groups in total. The van der Waals surface area contributed by atoms with Crippen LogP contribution in [-0.2, 0) is 4.74 Å². The van der Waals surface area contributed by atoms with E-state index in [4.69, 9.17) is 16.3 Å². The van der Waals surface area contributed by atoms with Crippen molar-refractivity contribution in [2.45, 2.75) is 97.5 Å². The van der Waals surface area contributed by atoms with Crippen molar-refractivity contribution in [2.75, 3.05) is 0 Å². The highest BCUT2D eigenvalue weighted by molar-refractivity contribution is 6.61. The molecule has 0 spiro atoms. The summed E-state index contributed by atoms with van der Waals surface area (Å²) in [5, 5.41) is 0. The largest absolute Gasteiger partial charge is 0.450 e. The Bertz CT molecular complexity index is 612. The fourth-order valence-electron chi connectivity index (χ4n) is 7.70. The summed E-state index contributed by atoms with van der Waals surface area (Å²) in [6.07, 6.45) is 17.1. The lowest BCUT2D eigenvalue weighted by molar-refractivity contribution is 0.0396. The highest BCUT2D eigenvalue weighted by atomic mass is 35.5. The second-order valence-electron chi connectivity index (χ2n) is 11.2. The van der Waals surface area contributed by atoms with Gasteiger partial charge in [-0.2, -0.15) is 0 Å². The topological polar surface area (TPSA) is 26.3 Å². The van der Waals surface area contributed by atoms with Crippen LogP contribution in [0.5, 0.6) is 0 Å². The van der Waals surface area contributed by atoms with Crippen molar-refractivity contribution < 1.29 is 9.53 Å². The van der Waals surface area contributed by atoms with E-state index >= 15 is 0 Å². The zero-order valence-electron chi connectivity index (χ0n) is 18.7. The fourth-order valence-corrected chi connectivity index (χ4v) is 7.83. The predicted molar refractivity (Wildman–Crippen MR) is 120 cm³/mol. The Labute approximate surface area is 183 Å². The van der Waals surface area contributed by atoms with Gasteiger partial charge >= 0.3 is 5.43 Å². The van der Waals surface area contributed by atoms with Gasteiger partial charge in [0.15, 0.2) is 0 Å². The summed E-state index contributed by atoms with van der Waals surface area (Å²) in [6.45, 7) is 7.25. The molecule has 0 bridgehead atoms. The lowest BCUT2D eigenvalue weighted by Gasteiger charge is -2.49. The van der Waals surface area contributed by atoms with Crippen LogP contribution in [0.2, 0.25) is 0 Å². The van der Waals surface area contributed by atoms with Gasteiger partial charge in [-0.1, -0.05) is 51.7 Å². The first-order valence-corrected chi connectivity index (χ1v) is 12.8. The standard InChI is InChI=1S/C26H41ClO2/c1-16(2)5-4-6-17(3)20-13-18-7-10-23-22-12-9-21(29-26(27)28)14-19(22)8-11-24(23)25(18)15-20/h8,16-18,20-25H,4-7,9-15H2,1-3H3. The number of rotatable bonds is 6. The molecule has 3 heteroatoms. The van der Waals surface area contributed by atoms with E-state index in [1.165, 1.54) is 57.8 Å². The van der Waals surface area contributed by atoms with Gasteiger partial charge in [-0.15, -0.1) is 0 Å². The molecule has 3 saturated carbocycles. The summed E-state index contributed by atoms with van der Waals surface area (Å²) in [5.74, 6) is 7.26. The molecule has 0 aromatic rings. The SMILES string of the molecule is CC(C)CCCC(C)C1CC2CCC3C4CCC(OC(=O)Cl)CC4=CCC3C2C1. The fraction of sp³-hybridized carbons (Fsp3) is 0.885. The third-order valence-corrected chi connectivity index (χ3v) is 9.26. The zero-order chi connectivity index (χ0) is 20.5. The molecule has 4 rings (SSSR count). The molecule has 164 valence electrons. The maximum absolute atomic E-state index is 11.1. The highest BCUT2D eigenvalue weighted by Gasteiger charge is 2.49. The molecule has 4 aliphatic carbocycles. The highest BCUT2D eigenvalue weighted by Crippen LogP contribution is 2.58. The summed E-state index contributed by atoms with van der Waals surface area (Å²) in [4.78, 5) is 11.1. The van der Waals surface area contributed by atoms with Crippen molar-refractivity contribution in [3.63, 3.8) is 0 Å². The Kier molecular flexibility index (Phi) is 6.99. The smallest absolute Gasteiger partial charge is 0.404 e. The molecule has 3 fully saturated rings. The van der Waals surface area contributed by atoms with Gasteiger partial charge in [0.2, 0.25) is 0 Å². The Morgan fingerprint density at radius 3 is 2.66 bits per heavy atom. The second-order valence-corrected chi connectivity index (χ2v) is 11.6. The van der Waals surface area contributed by atoms with E-state index in [9.17, 15) is 4.79 Å². The third-order valence-electron chi connectivity index (χ3n) is 9.17. The summed E-state index contributed by atoms with van der Waals surface area (Å²) in [7, 11) is 0. The first-order chi connectivity index (χ1) is 13.9. The van der Waals surface area contributed by atoms with E-state index in [2.05, 4.69) is 26.8 Å². The van der Waals surface area contributed by atoms with E-state index in [-0.39, 0.29) is 6.10 Å². The Morgan fingerprint density at radius 1 is 1.07 bits per heavy atom. The molecule has 8 unspecified atom stereocenters. The number of fused-ring (bicyclic) bond motifs is 5. The Balaban J connectivity index is 1.36. The van der Waals surface area contributed by atoms with Crippen LogP contribution in [-0.4, -0.2) is 11.5 Å². The van der Waals surface area contributed by atoms with Crippen molar-refractivity contribution in [3.05, 3.63) is 11.6 Å². The van der Waals surface area contributed by atoms with E-state index in [0.29, 0.717) is 0 Å². The summed E-state index contributed by atoms with van der Waals surface area (Å²) >= 11 is 5.46. The quantitative estimate of drug-likeness (QED) is 0.321. The van der Waals surface area contributed by atoms with Gasteiger partial charge in [0, 0.05) is 18.0 Å². The van der Waals surface area contributed by atoms with Crippen molar-refractivity contribution >= 4 is 17.0 Å². The Morgan fingerprint density at radius 2 is 1.90 bits per heavy atom. The van der Waals surface area contributed by atoms with Crippen LogP contribution in [0, 0.1) is 47.3 Å². The molecule has 0 heterocycles. The molecule has 4 aliphatic rings. The van der Waals surface area contributed by atoms with E-state index in [1.807, 2.05) is 0 Å². The molecule has 29 heavy (non-hydrogen) atoms. The maximum atomic E-state index is 11.1. The van der Waals surface area contributed by atoms with Gasteiger partial charge in [-0.05, 0) is 92.3 Å². The number of ether oxygens (including phenoxy) is 1. The minimum atomic E-state index is -0.636. The first kappa shape index (κ1) is 21.7. The van der Waals surface area contributed by atoms with Crippen molar-refractivity contribution in [1.29, 1.82) is 0 Å². The molecule has 0 aromatic heterocycles. The second kappa shape index (κ2) is 9.33. The number of allylic oxidation sites excluding steroid dienone is 1. The molecular weight excluding hydrogens is 380 g/mol. The molecule has 2 nitrogen and oxygen atoms in total. The maximum Gasteiger partial charge on any atom is 0.404 e. The van der Waals surface area contributed by atoms with Gasteiger partial charge in [0.1, 0.15) is 6.10 Å². The number of hydrogen-bond donors (Lipinski definition) is 0. The number of carbonyl (C=O) groups is 1. The first-order valence-electron chi connectivity index (χ1n) is 12.5. The molecule has 0 radical (unpaired) electrons. The zero-order valence-corrected chi connectivity index (χ0v) is 19.5. The van der Waals surface area contributed by atoms with Crippen LogP contribution in [0.15, 0.2) is 11.6 Å². The van der Waals surface area contributed by atoms with Crippen LogP contribution in [0.4, 0.5) is 4.79 Å². The minimum absolute atomic E-state index is 0.0120. The van der Waals surface area contributed by atoms with Crippen LogP contribution < -0.4 is 0 Å². The van der Waals surface area contributed by atoms with Gasteiger partial charge in [0.05, 0.1) is 0 Å². The normalized spacial score (nSPS) is 39.9. The van der Waals surface area contributed by atoms with Crippen LogP contribution in [0.1, 0.15) is 91.4 Å². The van der Waals surface area contributed by atoms with Gasteiger partial charge in [0.25, 0.3) is 0 Å². The predicted octanol–water partition coefficient (Wildman–Crippen LogP) is 7.99. The molecule has 0 saturated heterocycles. The van der Waals surface area contributed by atoms with Crippen LogP contribution in [0.25, 0.3) is 0 Å². The van der Waals surface area contributed by atoms with Crippen molar-refractivity contribution in [2.24, 2.45) is 47.3 Å². The van der Waals surface area contributed by atoms with E-state index < -0.39 is 5.43 Å². The summed E-state index contributed by atoms with van der Waals surface area (Å²) in [5.41, 5.74) is 0.943. The van der Waals surface area contributed by atoms with E-state index in [0.717, 1.165) is 60.2 Å². The lowest BCUT2D eigenvalue weighted by atomic mass is 9.57. The van der Waals surface area contributed by atoms with Crippen LogP contribution in [0.3, 0.4) is 0 Å². The minimum Gasteiger partial charge on any atom is -0.450 e. The van der Waals surface area contributed by atoms with E-state index in [1.54, 1.807) is 5.57 Å². The van der Waals surface area contributed by atoms with Gasteiger partial charge < -0.3 is 4.74 Å². The van der Waals surface area contributed by atoms with Gasteiger partial charge in [-0.25, -0.2) is 4.79 Å². The van der Waals surface area contributed by atoms with Crippen LogP contribution >= 0.6 is 11.6 Å². The van der Waals surface area contributed by atoms with Crippen molar-refractivity contribution in [3.8, 4) is 0 Å². The van der Waals surface area contributed by atoms with Crippen molar-refractivity contribution in [1.82, 2.24) is 0 Å². The average molecular weight is 421 g/mol.